The number of rotatable bonds is 1. The van der Waals surface area contributed by atoms with Crippen LogP contribution in [0.5, 0.6) is 0 Å². The van der Waals surface area contributed by atoms with Crippen molar-refractivity contribution < 1.29 is 4.79 Å². The molecular weight excluding hydrogens is 184 g/mol. The molecule has 3 aliphatic carbocycles. The van der Waals surface area contributed by atoms with Crippen LogP contribution in [0.2, 0.25) is 0 Å². The van der Waals surface area contributed by atoms with Gasteiger partial charge in [0, 0.05) is 12.3 Å². The van der Waals surface area contributed by atoms with Crippen molar-refractivity contribution in [3.05, 3.63) is 0 Å². The van der Waals surface area contributed by atoms with Crippen LogP contribution in [0.15, 0.2) is 0 Å². The average molecular weight is 206 g/mol. The van der Waals surface area contributed by atoms with E-state index in [0.29, 0.717) is 27.9 Å². The lowest BCUT2D eigenvalue weighted by Gasteiger charge is -2.45. The van der Waals surface area contributed by atoms with Crippen LogP contribution in [-0.2, 0) is 4.79 Å². The minimum absolute atomic E-state index is 0.435. The van der Waals surface area contributed by atoms with Crippen LogP contribution in [0.3, 0.4) is 0 Å². The van der Waals surface area contributed by atoms with Crippen LogP contribution >= 0.6 is 0 Å². The van der Waals surface area contributed by atoms with Gasteiger partial charge in [-0.1, -0.05) is 27.2 Å². The van der Waals surface area contributed by atoms with Gasteiger partial charge in [-0.3, -0.25) is 4.79 Å². The van der Waals surface area contributed by atoms with Gasteiger partial charge in [0.25, 0.3) is 0 Å². The molecule has 0 aliphatic heterocycles. The van der Waals surface area contributed by atoms with E-state index in [-0.39, 0.29) is 0 Å². The molecule has 0 radical (unpaired) electrons. The van der Waals surface area contributed by atoms with Gasteiger partial charge in [0.2, 0.25) is 0 Å². The Labute approximate surface area is 92.6 Å². The molecule has 0 N–H and O–H groups in total. The first-order valence-electron chi connectivity index (χ1n) is 6.46. The van der Waals surface area contributed by atoms with Crippen LogP contribution in [0.4, 0.5) is 0 Å². The molecule has 0 aromatic carbocycles. The fourth-order valence-electron chi connectivity index (χ4n) is 4.83. The van der Waals surface area contributed by atoms with Gasteiger partial charge < -0.3 is 0 Å². The molecule has 0 aromatic rings. The third kappa shape index (κ3) is 0.933. The molecule has 1 heteroatoms. The Hall–Kier alpha value is -0.330. The SMILES string of the molecule is CC1(C)CCC[C@@]1(C)[C@@]12CCC(=O)[C@@H]1C2. The Morgan fingerprint density at radius 2 is 1.87 bits per heavy atom. The summed E-state index contributed by atoms with van der Waals surface area (Å²) in [6, 6.07) is 0. The van der Waals surface area contributed by atoms with E-state index in [1.165, 1.54) is 32.1 Å². The van der Waals surface area contributed by atoms with Gasteiger partial charge in [-0.15, -0.1) is 0 Å². The Balaban J connectivity index is 1.98. The van der Waals surface area contributed by atoms with Crippen LogP contribution in [0, 0.1) is 22.2 Å². The lowest BCUT2D eigenvalue weighted by atomic mass is 9.59. The highest BCUT2D eigenvalue weighted by atomic mass is 16.1. The second-order valence-corrected chi connectivity index (χ2v) is 6.95. The number of hydrogen-bond donors (Lipinski definition) is 0. The van der Waals surface area contributed by atoms with Crippen LogP contribution < -0.4 is 0 Å². The maximum atomic E-state index is 11.7. The molecule has 84 valence electrons. The van der Waals surface area contributed by atoms with Crippen molar-refractivity contribution in [1.82, 2.24) is 0 Å². The van der Waals surface area contributed by atoms with Gasteiger partial charge in [-0.25, -0.2) is 0 Å². The van der Waals surface area contributed by atoms with E-state index in [2.05, 4.69) is 20.8 Å². The molecule has 3 aliphatic rings. The van der Waals surface area contributed by atoms with Gasteiger partial charge in [-0.05, 0) is 41.9 Å². The highest BCUT2D eigenvalue weighted by molar-refractivity contribution is 5.88. The first-order valence-corrected chi connectivity index (χ1v) is 6.46. The quantitative estimate of drug-likeness (QED) is 0.641. The number of hydrogen-bond acceptors (Lipinski definition) is 1. The number of Topliss-reactive ketones (excluding diaryl/α,β-unsaturated/α-hetero) is 1. The molecule has 3 fully saturated rings. The van der Waals surface area contributed by atoms with Gasteiger partial charge in [0.15, 0.2) is 0 Å². The van der Waals surface area contributed by atoms with E-state index in [0.717, 1.165) is 6.42 Å². The normalized spacial score (nSPS) is 51.9. The van der Waals surface area contributed by atoms with Crippen molar-refractivity contribution in [3.8, 4) is 0 Å². The van der Waals surface area contributed by atoms with E-state index in [9.17, 15) is 4.79 Å². The molecule has 3 atom stereocenters. The molecular formula is C14H22O. The summed E-state index contributed by atoms with van der Waals surface area (Å²) in [4.78, 5) is 11.7. The highest BCUT2D eigenvalue weighted by Gasteiger charge is 2.73. The average Bonchev–Trinajstić information content (AvgIpc) is 2.73. The summed E-state index contributed by atoms with van der Waals surface area (Å²) >= 11 is 0. The Kier molecular flexibility index (Phi) is 1.64. The summed E-state index contributed by atoms with van der Waals surface area (Å²) in [6.07, 6.45) is 7.35. The predicted octanol–water partition coefficient (Wildman–Crippen LogP) is 3.57. The summed E-state index contributed by atoms with van der Waals surface area (Å²) in [5.41, 5.74) is 1.33. The zero-order valence-electron chi connectivity index (χ0n) is 10.2. The van der Waals surface area contributed by atoms with Crippen LogP contribution in [0.1, 0.15) is 59.3 Å². The fourth-order valence-corrected chi connectivity index (χ4v) is 4.83. The summed E-state index contributed by atoms with van der Waals surface area (Å²) in [6.45, 7) is 7.32. The molecule has 0 bridgehead atoms. The van der Waals surface area contributed by atoms with Crippen LogP contribution in [0.25, 0.3) is 0 Å². The van der Waals surface area contributed by atoms with Gasteiger partial charge in [0.05, 0.1) is 0 Å². The molecule has 1 nitrogen and oxygen atoms in total. The molecule has 0 saturated heterocycles. The van der Waals surface area contributed by atoms with E-state index in [1.807, 2.05) is 0 Å². The van der Waals surface area contributed by atoms with Crippen molar-refractivity contribution in [2.75, 3.05) is 0 Å². The number of carbonyl (C=O) groups excluding carboxylic acids is 1. The number of carbonyl (C=O) groups is 1. The Morgan fingerprint density at radius 1 is 1.13 bits per heavy atom. The molecule has 0 amide bonds. The Bertz CT molecular complexity index is 330. The Morgan fingerprint density at radius 3 is 2.27 bits per heavy atom. The molecule has 3 rings (SSSR count). The fraction of sp³-hybridized carbons (Fsp3) is 0.929. The van der Waals surface area contributed by atoms with Crippen molar-refractivity contribution in [2.24, 2.45) is 22.2 Å². The topological polar surface area (TPSA) is 17.1 Å². The third-order valence-electron chi connectivity index (χ3n) is 6.35. The molecule has 0 spiro atoms. The predicted molar refractivity (Wildman–Crippen MR) is 60.5 cm³/mol. The molecule has 0 aromatic heterocycles. The summed E-state index contributed by atoms with van der Waals surface area (Å²) in [5.74, 6) is 1.03. The third-order valence-corrected chi connectivity index (χ3v) is 6.35. The number of fused-ring (bicyclic) bond motifs is 1. The van der Waals surface area contributed by atoms with E-state index < -0.39 is 0 Å². The van der Waals surface area contributed by atoms with Gasteiger partial charge in [-0.2, -0.15) is 0 Å². The van der Waals surface area contributed by atoms with Gasteiger partial charge in [0.1, 0.15) is 5.78 Å². The van der Waals surface area contributed by atoms with Crippen LogP contribution in [-0.4, -0.2) is 5.78 Å². The largest absolute Gasteiger partial charge is 0.299 e. The smallest absolute Gasteiger partial charge is 0.136 e. The second-order valence-electron chi connectivity index (χ2n) is 6.95. The lowest BCUT2D eigenvalue weighted by molar-refractivity contribution is -0.119. The minimum Gasteiger partial charge on any atom is -0.299 e. The summed E-state index contributed by atoms with van der Waals surface area (Å²) in [7, 11) is 0. The lowest BCUT2D eigenvalue weighted by Crippen LogP contribution is -2.38. The van der Waals surface area contributed by atoms with Crippen molar-refractivity contribution in [2.45, 2.75) is 59.3 Å². The molecule has 0 unspecified atom stereocenters. The van der Waals surface area contributed by atoms with E-state index in [1.54, 1.807) is 0 Å². The zero-order valence-corrected chi connectivity index (χ0v) is 10.2. The van der Waals surface area contributed by atoms with Crippen molar-refractivity contribution in [3.63, 3.8) is 0 Å². The van der Waals surface area contributed by atoms with E-state index in [4.69, 9.17) is 0 Å². The standard InChI is InChI=1S/C14H22O/c1-12(2)6-4-7-13(12,3)14-8-5-11(15)10(14)9-14/h10H,4-9H2,1-3H3/t10-,13+,14+/m0/s1. The first-order chi connectivity index (χ1) is 6.93. The zero-order chi connectivity index (χ0) is 10.9. The first kappa shape index (κ1) is 9.86. The molecule has 15 heavy (non-hydrogen) atoms. The molecule has 0 heterocycles. The van der Waals surface area contributed by atoms with Crippen molar-refractivity contribution >= 4 is 5.78 Å². The second kappa shape index (κ2) is 2.49. The minimum atomic E-state index is 0.435. The highest BCUT2D eigenvalue weighted by Crippen LogP contribution is 2.77. The summed E-state index contributed by atoms with van der Waals surface area (Å²) < 4.78 is 0. The maximum Gasteiger partial charge on any atom is 0.136 e. The summed E-state index contributed by atoms with van der Waals surface area (Å²) in [5, 5.41) is 0. The monoisotopic (exact) mass is 206 g/mol. The molecule has 3 saturated carbocycles. The number of ketones is 1. The van der Waals surface area contributed by atoms with Crippen molar-refractivity contribution in [1.29, 1.82) is 0 Å². The maximum absolute atomic E-state index is 11.7. The van der Waals surface area contributed by atoms with Gasteiger partial charge >= 0.3 is 0 Å². The van der Waals surface area contributed by atoms with E-state index >= 15 is 0 Å².